The maximum Gasteiger partial charge on any atom is 0.301 e. The molecule has 12 heteroatoms. The molecule has 7 nitrogen and oxygen atoms in total. The van der Waals surface area contributed by atoms with E-state index < -0.39 is 30.3 Å². The van der Waals surface area contributed by atoms with Crippen LogP contribution in [0.4, 0.5) is 18.9 Å². The molecule has 0 fully saturated rings. The molecule has 0 saturated heterocycles. The van der Waals surface area contributed by atoms with Crippen LogP contribution in [0.15, 0.2) is 33.7 Å². The van der Waals surface area contributed by atoms with Crippen LogP contribution in [0, 0.1) is 29.0 Å². The molecule has 0 spiro atoms. The van der Waals surface area contributed by atoms with Crippen molar-refractivity contribution in [1.29, 1.82) is 5.26 Å². The summed E-state index contributed by atoms with van der Waals surface area (Å²) in [6.07, 6.45) is -0.705. The summed E-state index contributed by atoms with van der Waals surface area (Å²) in [5.74, 6) is 3.24. The molecule has 3 heterocycles. The van der Waals surface area contributed by atoms with Crippen LogP contribution < -0.4 is 10.9 Å². The Balaban J connectivity index is 1.80. The number of carbonyl (C=O) groups excluding carboxylic acids is 1. The van der Waals surface area contributed by atoms with Gasteiger partial charge in [0, 0.05) is 12.3 Å². The Labute approximate surface area is 175 Å². The van der Waals surface area contributed by atoms with E-state index in [1.165, 1.54) is 12.3 Å². The topological polar surface area (TPSA) is 101 Å². The smallest absolute Gasteiger partial charge is 0.301 e. The van der Waals surface area contributed by atoms with Crippen molar-refractivity contribution in [1.82, 2.24) is 9.55 Å². The molecule has 0 saturated carbocycles. The lowest BCUT2D eigenvalue weighted by molar-refractivity contribution is 0.103. The molecule has 152 valence electrons. The van der Waals surface area contributed by atoms with Gasteiger partial charge in [-0.25, -0.2) is 18.2 Å². The van der Waals surface area contributed by atoms with Crippen LogP contribution in [0.5, 0.6) is 0 Å². The lowest BCUT2D eigenvalue weighted by Gasteiger charge is -2.09. The summed E-state index contributed by atoms with van der Waals surface area (Å²) in [6, 6.07) is 3.80. The summed E-state index contributed by atoms with van der Waals surface area (Å²) in [5, 5.41) is 11.0. The maximum absolute atomic E-state index is 13.7. The van der Waals surface area contributed by atoms with Crippen molar-refractivity contribution in [2.75, 3.05) is 5.32 Å². The van der Waals surface area contributed by atoms with Gasteiger partial charge >= 0.3 is 5.89 Å². The number of anilines is 1. The van der Waals surface area contributed by atoms with E-state index in [0.29, 0.717) is 4.57 Å². The average Bonchev–Trinajstić information content (AvgIpc) is 3.30. The molecule has 0 aliphatic rings. The number of rotatable bonds is 4. The third-order valence-electron chi connectivity index (χ3n) is 3.47. The first-order chi connectivity index (χ1) is 14.3. The highest BCUT2D eigenvalue weighted by atomic mass is 35.5. The zero-order valence-corrected chi connectivity index (χ0v) is 16.2. The predicted octanol–water partition coefficient (Wildman–Crippen LogP) is 3.48. The van der Waals surface area contributed by atoms with Crippen LogP contribution in [0.3, 0.4) is 0 Å². The summed E-state index contributed by atoms with van der Waals surface area (Å²) < 4.78 is 44.4. The standard InChI is InChI=1S/C18H8ClF3N4O3S/c19-16-9(1-2-11-6-24-15(5-23)29-11)3-13(30-16)17(27)25-10-4-12(20)18(28)26(7-10)8-14(21)22/h3-4,6-7,14H,8H2,(H,25,27). The lowest BCUT2D eigenvalue weighted by Crippen LogP contribution is -2.26. The van der Waals surface area contributed by atoms with Crippen LogP contribution >= 0.6 is 22.9 Å². The zero-order valence-electron chi connectivity index (χ0n) is 14.6. The van der Waals surface area contributed by atoms with E-state index in [4.69, 9.17) is 21.3 Å². The highest BCUT2D eigenvalue weighted by Gasteiger charge is 2.16. The van der Waals surface area contributed by atoms with Crippen molar-refractivity contribution >= 4 is 34.5 Å². The third kappa shape index (κ3) is 4.89. The van der Waals surface area contributed by atoms with Gasteiger partial charge < -0.3 is 14.3 Å². The van der Waals surface area contributed by atoms with Crippen molar-refractivity contribution in [2.24, 2.45) is 0 Å². The first kappa shape index (κ1) is 21.2. The van der Waals surface area contributed by atoms with E-state index in [0.717, 1.165) is 23.6 Å². The van der Waals surface area contributed by atoms with Crippen molar-refractivity contribution < 1.29 is 22.4 Å². The summed E-state index contributed by atoms with van der Waals surface area (Å²) in [7, 11) is 0. The minimum Gasteiger partial charge on any atom is -0.420 e. The van der Waals surface area contributed by atoms with Crippen molar-refractivity contribution in [3.63, 3.8) is 0 Å². The number of halogens is 4. The first-order valence-corrected chi connectivity index (χ1v) is 9.13. The van der Waals surface area contributed by atoms with Gasteiger partial charge in [0.1, 0.15) is 4.34 Å². The number of amides is 1. The molecule has 3 rings (SSSR count). The number of aromatic nitrogens is 2. The molecule has 0 bridgehead atoms. The summed E-state index contributed by atoms with van der Waals surface area (Å²) in [4.78, 5) is 27.7. The van der Waals surface area contributed by atoms with E-state index in [1.54, 1.807) is 6.07 Å². The van der Waals surface area contributed by atoms with Gasteiger partial charge in [0.2, 0.25) is 0 Å². The minimum absolute atomic E-state index is 0.103. The van der Waals surface area contributed by atoms with Gasteiger partial charge in [-0.2, -0.15) is 5.26 Å². The summed E-state index contributed by atoms with van der Waals surface area (Å²) in [6.45, 7) is -1.01. The minimum atomic E-state index is -2.88. The monoisotopic (exact) mass is 452 g/mol. The molecule has 30 heavy (non-hydrogen) atoms. The molecule has 0 unspecified atom stereocenters. The highest BCUT2D eigenvalue weighted by molar-refractivity contribution is 7.18. The van der Waals surface area contributed by atoms with Crippen LogP contribution in [-0.2, 0) is 6.54 Å². The second kappa shape index (κ2) is 8.86. The number of thiophene rings is 1. The number of carbonyl (C=O) groups is 1. The van der Waals surface area contributed by atoms with Crippen molar-refractivity contribution in [3.05, 3.63) is 67.1 Å². The molecule has 0 aliphatic heterocycles. The Morgan fingerprint density at radius 1 is 1.40 bits per heavy atom. The number of nitriles is 1. The zero-order chi connectivity index (χ0) is 21.8. The van der Waals surface area contributed by atoms with Gasteiger partial charge in [-0.3, -0.25) is 9.59 Å². The van der Waals surface area contributed by atoms with Crippen LogP contribution in [0.25, 0.3) is 0 Å². The van der Waals surface area contributed by atoms with E-state index in [9.17, 15) is 22.8 Å². The average molecular weight is 453 g/mol. The normalized spacial score (nSPS) is 10.4. The van der Waals surface area contributed by atoms with E-state index in [2.05, 4.69) is 22.1 Å². The molecule has 3 aromatic rings. The SMILES string of the molecule is N#Cc1ncc(C#Cc2cc(C(=O)Nc3cc(F)c(=O)n(CC(F)F)c3)sc2Cl)o1. The van der Waals surface area contributed by atoms with Crippen molar-refractivity contribution in [2.45, 2.75) is 13.0 Å². The van der Waals surface area contributed by atoms with E-state index >= 15 is 0 Å². The Morgan fingerprint density at radius 2 is 2.17 bits per heavy atom. The Kier molecular flexibility index (Phi) is 6.26. The molecule has 0 atom stereocenters. The van der Waals surface area contributed by atoms with Gasteiger partial charge in [0.25, 0.3) is 17.9 Å². The van der Waals surface area contributed by atoms with Crippen LogP contribution in [-0.4, -0.2) is 21.9 Å². The number of oxazole rings is 1. The summed E-state index contributed by atoms with van der Waals surface area (Å²) >= 11 is 6.95. The Bertz CT molecular complexity index is 1280. The Morgan fingerprint density at radius 3 is 2.83 bits per heavy atom. The third-order valence-corrected chi connectivity index (χ3v) is 4.82. The number of hydrogen-bond donors (Lipinski definition) is 1. The van der Waals surface area contributed by atoms with E-state index in [-0.39, 0.29) is 32.1 Å². The van der Waals surface area contributed by atoms with Gasteiger partial charge in [-0.15, -0.1) is 11.3 Å². The molecular weight excluding hydrogens is 445 g/mol. The quantitative estimate of drug-likeness (QED) is 0.611. The van der Waals surface area contributed by atoms with Gasteiger partial charge in [0.05, 0.1) is 28.9 Å². The largest absolute Gasteiger partial charge is 0.420 e. The molecule has 0 aromatic carbocycles. The van der Waals surface area contributed by atoms with Gasteiger partial charge in [-0.05, 0) is 12.0 Å². The molecule has 3 aromatic heterocycles. The number of alkyl halides is 2. The van der Waals surface area contributed by atoms with E-state index in [1.807, 2.05) is 0 Å². The van der Waals surface area contributed by atoms with Crippen LogP contribution in [0.1, 0.15) is 26.9 Å². The number of nitrogens with zero attached hydrogens (tertiary/aromatic N) is 3. The molecular formula is C18H8ClF3N4O3S. The predicted molar refractivity (Wildman–Crippen MR) is 101 cm³/mol. The Hall–Kier alpha value is -3.54. The molecule has 0 aliphatic carbocycles. The lowest BCUT2D eigenvalue weighted by atomic mass is 10.3. The van der Waals surface area contributed by atoms with Gasteiger partial charge in [0.15, 0.2) is 17.6 Å². The molecule has 0 radical (unpaired) electrons. The number of hydrogen-bond acceptors (Lipinski definition) is 6. The molecule has 1 N–H and O–H groups in total. The fourth-order valence-electron chi connectivity index (χ4n) is 2.22. The fourth-order valence-corrected chi connectivity index (χ4v) is 3.31. The number of nitrogens with one attached hydrogen (secondary N) is 1. The summed E-state index contributed by atoms with van der Waals surface area (Å²) in [5.41, 5.74) is -1.12. The highest BCUT2D eigenvalue weighted by Crippen LogP contribution is 2.28. The molecule has 1 amide bonds. The first-order valence-electron chi connectivity index (χ1n) is 7.93. The second-order valence-corrected chi connectivity index (χ2v) is 7.22. The second-order valence-electron chi connectivity index (χ2n) is 5.57. The van der Waals surface area contributed by atoms with Gasteiger partial charge in [-0.1, -0.05) is 17.5 Å². The van der Waals surface area contributed by atoms with Crippen molar-refractivity contribution in [3.8, 4) is 17.9 Å². The maximum atomic E-state index is 13.7. The fraction of sp³-hybridized carbons (Fsp3) is 0.111. The number of pyridine rings is 1. The van der Waals surface area contributed by atoms with Crippen LogP contribution in [0.2, 0.25) is 4.34 Å².